The second-order valence-electron chi connectivity index (χ2n) is 4.64. The van der Waals surface area contributed by atoms with Crippen molar-refractivity contribution >= 4 is 41.4 Å². The Morgan fingerprint density at radius 2 is 2.19 bits per heavy atom. The number of carboxylic acid groups (broad SMARTS) is 1. The molecule has 0 bridgehead atoms. The molecule has 4 N–H and O–H groups in total. The Balaban J connectivity index is 2.91. The van der Waals surface area contributed by atoms with Gasteiger partial charge < -0.3 is 21.1 Å². The molecule has 3 unspecified atom stereocenters. The van der Waals surface area contributed by atoms with E-state index in [0.29, 0.717) is 24.3 Å². The highest BCUT2D eigenvalue weighted by Crippen LogP contribution is 2.32. The largest absolute Gasteiger partial charge is 0.480 e. The number of carbonyl (C=O) groups is 3. The number of rotatable bonds is 7. The number of nitrogens with zero attached hydrogens (tertiary/aromatic N) is 1. The van der Waals surface area contributed by atoms with Gasteiger partial charge in [0.1, 0.15) is 12.1 Å². The van der Waals surface area contributed by atoms with Gasteiger partial charge in [-0.05, 0) is 24.9 Å². The van der Waals surface area contributed by atoms with Gasteiger partial charge >= 0.3 is 12.0 Å². The number of aliphatic carboxylic acids is 1. The van der Waals surface area contributed by atoms with Gasteiger partial charge in [0, 0.05) is 5.75 Å². The number of primary amides is 1. The van der Waals surface area contributed by atoms with Gasteiger partial charge in [-0.2, -0.15) is 11.8 Å². The molecular formula is C12H21N3O4S2. The van der Waals surface area contributed by atoms with Crippen molar-refractivity contribution in [3.8, 4) is 0 Å². The van der Waals surface area contributed by atoms with Crippen LogP contribution in [0.25, 0.3) is 0 Å². The highest BCUT2D eigenvalue weighted by atomic mass is 32.2. The number of carboxylic acids is 1. The minimum Gasteiger partial charge on any atom is -0.480 e. The van der Waals surface area contributed by atoms with Gasteiger partial charge in [-0.25, -0.2) is 9.59 Å². The maximum Gasteiger partial charge on any atom is 0.327 e. The van der Waals surface area contributed by atoms with E-state index >= 15 is 0 Å². The molecule has 0 spiro atoms. The van der Waals surface area contributed by atoms with Gasteiger partial charge in [0.05, 0.1) is 5.37 Å². The van der Waals surface area contributed by atoms with Gasteiger partial charge in [0.15, 0.2) is 0 Å². The van der Waals surface area contributed by atoms with Crippen LogP contribution < -0.4 is 11.1 Å². The monoisotopic (exact) mass is 335 g/mol. The third kappa shape index (κ3) is 4.70. The molecule has 1 aliphatic rings. The minimum atomic E-state index is -1.02. The molecular weight excluding hydrogens is 314 g/mol. The number of thioether (sulfide) groups is 2. The van der Waals surface area contributed by atoms with Crippen molar-refractivity contribution in [3.05, 3.63) is 0 Å². The quantitative estimate of drug-likeness (QED) is 0.626. The van der Waals surface area contributed by atoms with Crippen LogP contribution in [0.4, 0.5) is 4.79 Å². The van der Waals surface area contributed by atoms with Crippen LogP contribution in [0.1, 0.15) is 19.8 Å². The van der Waals surface area contributed by atoms with Crippen molar-refractivity contribution in [1.82, 2.24) is 10.2 Å². The zero-order chi connectivity index (χ0) is 16.0. The van der Waals surface area contributed by atoms with Crippen molar-refractivity contribution in [3.63, 3.8) is 0 Å². The molecule has 1 rings (SSSR count). The number of nitrogens with one attached hydrogen (secondary N) is 1. The lowest BCUT2D eigenvalue weighted by Crippen LogP contribution is -2.55. The summed E-state index contributed by atoms with van der Waals surface area (Å²) in [6.45, 7) is 1.90. The summed E-state index contributed by atoms with van der Waals surface area (Å²) in [5, 5.41) is 11.5. The molecule has 1 heterocycles. The van der Waals surface area contributed by atoms with E-state index in [2.05, 4.69) is 5.32 Å². The molecule has 3 amide bonds. The lowest BCUT2D eigenvalue weighted by molar-refractivity contribution is -0.149. The molecule has 1 fully saturated rings. The second-order valence-corrected chi connectivity index (χ2v) is 6.83. The van der Waals surface area contributed by atoms with Gasteiger partial charge in [-0.3, -0.25) is 4.79 Å². The lowest BCUT2D eigenvalue weighted by atomic mass is 10.1. The van der Waals surface area contributed by atoms with Crippen LogP contribution in [0.5, 0.6) is 0 Å². The van der Waals surface area contributed by atoms with E-state index in [9.17, 15) is 19.5 Å². The van der Waals surface area contributed by atoms with E-state index in [4.69, 9.17) is 5.73 Å². The molecule has 3 atom stereocenters. The zero-order valence-electron chi connectivity index (χ0n) is 12.1. The molecule has 9 heteroatoms. The highest BCUT2D eigenvalue weighted by Gasteiger charge is 2.43. The topological polar surface area (TPSA) is 113 Å². The third-order valence-corrected chi connectivity index (χ3v) is 5.30. The van der Waals surface area contributed by atoms with E-state index in [1.54, 1.807) is 11.8 Å². The number of carbonyl (C=O) groups excluding carboxylic acids is 2. The van der Waals surface area contributed by atoms with Crippen LogP contribution in [0.3, 0.4) is 0 Å². The summed E-state index contributed by atoms with van der Waals surface area (Å²) in [7, 11) is 0. The summed E-state index contributed by atoms with van der Waals surface area (Å²) in [4.78, 5) is 36.4. The molecule has 0 aliphatic carbocycles. The Labute approximate surface area is 132 Å². The molecule has 21 heavy (non-hydrogen) atoms. The van der Waals surface area contributed by atoms with Gasteiger partial charge in [-0.1, -0.05) is 6.92 Å². The molecule has 1 aliphatic heterocycles. The van der Waals surface area contributed by atoms with Crippen LogP contribution in [0.2, 0.25) is 0 Å². The average molecular weight is 335 g/mol. The summed E-state index contributed by atoms with van der Waals surface area (Å²) < 4.78 is 0. The fraction of sp³-hybridized carbons (Fsp3) is 0.750. The number of urea groups is 1. The molecule has 7 nitrogen and oxygen atoms in total. The molecule has 0 radical (unpaired) electrons. The Morgan fingerprint density at radius 1 is 1.52 bits per heavy atom. The summed E-state index contributed by atoms with van der Waals surface area (Å²) in [6, 6.07) is -2.40. The zero-order valence-corrected chi connectivity index (χ0v) is 13.7. The molecule has 0 aromatic heterocycles. The molecule has 0 aromatic rings. The first-order valence-electron chi connectivity index (χ1n) is 6.63. The molecule has 1 saturated heterocycles. The number of hydrogen-bond donors (Lipinski definition) is 3. The van der Waals surface area contributed by atoms with E-state index in [1.165, 1.54) is 16.7 Å². The number of amides is 3. The average Bonchev–Trinajstić information content (AvgIpc) is 2.86. The van der Waals surface area contributed by atoms with Gasteiger partial charge in [0.25, 0.3) is 0 Å². The van der Waals surface area contributed by atoms with E-state index in [1.807, 2.05) is 13.2 Å². The normalized spacial score (nSPS) is 22.9. The summed E-state index contributed by atoms with van der Waals surface area (Å²) in [5.74, 6) is -0.348. The summed E-state index contributed by atoms with van der Waals surface area (Å²) in [6.07, 6.45) is 2.98. The Kier molecular flexibility index (Phi) is 7.16. The first-order valence-corrected chi connectivity index (χ1v) is 9.08. The summed E-state index contributed by atoms with van der Waals surface area (Å²) >= 11 is 3.00. The van der Waals surface area contributed by atoms with Crippen molar-refractivity contribution in [1.29, 1.82) is 0 Å². The SMILES string of the molecule is CCC1SCC(C(=O)O)N1C(=O)C(CCSC)NC(N)=O. The lowest BCUT2D eigenvalue weighted by Gasteiger charge is -2.30. The molecule has 0 aromatic carbocycles. The molecule has 0 saturated carbocycles. The van der Waals surface area contributed by atoms with E-state index in [-0.39, 0.29) is 11.3 Å². The maximum absolute atomic E-state index is 12.6. The summed E-state index contributed by atoms with van der Waals surface area (Å²) in [5.41, 5.74) is 5.11. The van der Waals surface area contributed by atoms with Crippen LogP contribution >= 0.6 is 23.5 Å². The van der Waals surface area contributed by atoms with Crippen LogP contribution in [0, 0.1) is 0 Å². The van der Waals surface area contributed by atoms with Crippen LogP contribution in [-0.4, -0.2) is 63.1 Å². The van der Waals surface area contributed by atoms with E-state index < -0.39 is 24.1 Å². The fourth-order valence-electron chi connectivity index (χ4n) is 2.21. The molecule has 120 valence electrons. The van der Waals surface area contributed by atoms with Crippen molar-refractivity contribution in [2.75, 3.05) is 17.8 Å². The second kappa shape index (κ2) is 8.38. The van der Waals surface area contributed by atoms with Crippen LogP contribution in [-0.2, 0) is 9.59 Å². The van der Waals surface area contributed by atoms with E-state index in [0.717, 1.165) is 0 Å². The maximum atomic E-state index is 12.6. The highest BCUT2D eigenvalue weighted by molar-refractivity contribution is 8.00. The smallest absolute Gasteiger partial charge is 0.327 e. The fourth-order valence-corrected chi connectivity index (χ4v) is 4.03. The number of hydrogen-bond acceptors (Lipinski definition) is 5. The van der Waals surface area contributed by atoms with Gasteiger partial charge in [-0.15, -0.1) is 11.8 Å². The Hall–Kier alpha value is -1.09. The Morgan fingerprint density at radius 3 is 2.67 bits per heavy atom. The predicted octanol–water partition coefficient (Wildman–Crippen LogP) is 0.541. The van der Waals surface area contributed by atoms with Crippen LogP contribution in [0.15, 0.2) is 0 Å². The Bertz CT molecular complexity index is 408. The van der Waals surface area contributed by atoms with Crippen molar-refractivity contribution < 1.29 is 19.5 Å². The minimum absolute atomic E-state index is 0.176. The third-order valence-electron chi connectivity index (χ3n) is 3.21. The standard InChI is InChI=1S/C12H21N3O4S2/c1-3-9-15(8(6-21-9)11(17)18)10(16)7(4-5-20-2)14-12(13)19/h7-9H,3-6H2,1-2H3,(H,17,18)(H3,13,14,19). The number of nitrogens with two attached hydrogens (primary N) is 1. The van der Waals surface area contributed by atoms with Crippen molar-refractivity contribution in [2.24, 2.45) is 5.73 Å². The predicted molar refractivity (Wildman–Crippen MR) is 84.3 cm³/mol. The van der Waals surface area contributed by atoms with Crippen molar-refractivity contribution in [2.45, 2.75) is 37.2 Å². The first-order chi connectivity index (χ1) is 9.92. The van der Waals surface area contributed by atoms with Gasteiger partial charge in [0.2, 0.25) is 5.91 Å². The first kappa shape index (κ1) is 18.0.